The van der Waals surface area contributed by atoms with Crippen molar-refractivity contribution < 1.29 is 0 Å². The van der Waals surface area contributed by atoms with Crippen molar-refractivity contribution in [1.82, 2.24) is 24.3 Å². The number of rotatable bonds is 3. The summed E-state index contributed by atoms with van der Waals surface area (Å²) in [6, 6.07) is 9.59. The Morgan fingerprint density at radius 1 is 0.909 bits per heavy atom. The molecule has 0 aromatic carbocycles. The van der Waals surface area contributed by atoms with Crippen LogP contribution in [0.5, 0.6) is 0 Å². The highest BCUT2D eigenvalue weighted by Gasteiger charge is 2.14. The number of nitrogens with one attached hydrogen (secondary N) is 1. The maximum Gasteiger partial charge on any atom is 0.157 e. The monoisotopic (exact) mass is 288 g/mol. The first-order valence-corrected chi connectivity index (χ1v) is 6.82. The van der Waals surface area contributed by atoms with Gasteiger partial charge in [0.1, 0.15) is 17.3 Å². The molecular formula is C16H12N6. The zero-order valence-corrected chi connectivity index (χ0v) is 11.6. The zero-order chi connectivity index (χ0) is 14.8. The molecule has 0 radical (unpaired) electrons. The van der Waals surface area contributed by atoms with Gasteiger partial charge in [-0.2, -0.15) is 0 Å². The van der Waals surface area contributed by atoms with Crippen LogP contribution < -0.4 is 5.32 Å². The predicted octanol–water partition coefficient (Wildman–Crippen LogP) is 2.93. The molecule has 0 aliphatic rings. The second-order valence-corrected chi connectivity index (χ2v) is 4.69. The fraction of sp³-hybridized carbons (Fsp3) is 0. The maximum absolute atomic E-state index is 4.66. The third-order valence-corrected chi connectivity index (χ3v) is 3.30. The quantitative estimate of drug-likeness (QED) is 0.627. The Bertz CT molecular complexity index is 902. The summed E-state index contributed by atoms with van der Waals surface area (Å²) in [6.45, 7) is 0. The van der Waals surface area contributed by atoms with Gasteiger partial charge in [-0.05, 0) is 24.3 Å². The van der Waals surface area contributed by atoms with E-state index in [9.17, 15) is 0 Å². The second kappa shape index (κ2) is 5.25. The van der Waals surface area contributed by atoms with Crippen molar-refractivity contribution >= 4 is 17.3 Å². The van der Waals surface area contributed by atoms with Crippen LogP contribution in [0.1, 0.15) is 0 Å². The molecule has 22 heavy (non-hydrogen) atoms. The summed E-state index contributed by atoms with van der Waals surface area (Å²) in [5, 5.41) is 3.34. The fourth-order valence-electron chi connectivity index (χ4n) is 2.30. The van der Waals surface area contributed by atoms with Gasteiger partial charge in [-0.1, -0.05) is 6.07 Å². The largest absolute Gasteiger partial charge is 0.324 e. The van der Waals surface area contributed by atoms with Crippen LogP contribution in [0, 0.1) is 0 Å². The Balaban J connectivity index is 1.91. The Kier molecular flexibility index (Phi) is 2.97. The van der Waals surface area contributed by atoms with Crippen molar-refractivity contribution in [2.75, 3.05) is 5.32 Å². The lowest BCUT2D eigenvalue weighted by molar-refractivity contribution is 1.12. The number of aromatic nitrogens is 5. The Labute approximate surface area is 126 Å². The van der Waals surface area contributed by atoms with Crippen molar-refractivity contribution in [3.8, 4) is 11.3 Å². The molecule has 6 heteroatoms. The molecule has 0 saturated heterocycles. The number of nitrogens with zero attached hydrogens (tertiary/aromatic N) is 5. The van der Waals surface area contributed by atoms with Crippen LogP contribution in [-0.4, -0.2) is 24.3 Å². The summed E-state index contributed by atoms with van der Waals surface area (Å²) in [5.41, 5.74) is 2.59. The van der Waals surface area contributed by atoms with E-state index < -0.39 is 0 Å². The zero-order valence-electron chi connectivity index (χ0n) is 11.6. The number of hydrogen-bond acceptors (Lipinski definition) is 5. The van der Waals surface area contributed by atoms with Gasteiger partial charge in [-0.15, -0.1) is 0 Å². The van der Waals surface area contributed by atoms with Crippen LogP contribution in [0.25, 0.3) is 16.9 Å². The molecule has 0 unspecified atom stereocenters. The lowest BCUT2D eigenvalue weighted by Gasteiger charge is -2.07. The molecule has 0 atom stereocenters. The average molecular weight is 288 g/mol. The van der Waals surface area contributed by atoms with Gasteiger partial charge in [0.2, 0.25) is 0 Å². The van der Waals surface area contributed by atoms with E-state index in [0.29, 0.717) is 0 Å². The van der Waals surface area contributed by atoms with Crippen molar-refractivity contribution in [3.05, 3.63) is 67.5 Å². The fourth-order valence-corrected chi connectivity index (χ4v) is 2.30. The smallest absolute Gasteiger partial charge is 0.157 e. The normalized spacial score (nSPS) is 10.7. The van der Waals surface area contributed by atoms with Crippen molar-refractivity contribution in [2.24, 2.45) is 0 Å². The van der Waals surface area contributed by atoms with Gasteiger partial charge < -0.3 is 5.32 Å². The van der Waals surface area contributed by atoms with Gasteiger partial charge in [0.05, 0.1) is 6.20 Å². The van der Waals surface area contributed by atoms with Gasteiger partial charge >= 0.3 is 0 Å². The summed E-state index contributed by atoms with van der Waals surface area (Å²) in [4.78, 5) is 17.2. The molecule has 6 nitrogen and oxygen atoms in total. The number of pyridine rings is 2. The minimum Gasteiger partial charge on any atom is -0.324 e. The van der Waals surface area contributed by atoms with Gasteiger partial charge in [0.15, 0.2) is 5.65 Å². The first-order valence-electron chi connectivity index (χ1n) is 6.82. The van der Waals surface area contributed by atoms with Crippen molar-refractivity contribution in [3.63, 3.8) is 0 Å². The Hall–Kier alpha value is -3.28. The minimum atomic E-state index is 0.761. The van der Waals surface area contributed by atoms with Crippen LogP contribution in [-0.2, 0) is 0 Å². The summed E-state index contributed by atoms with van der Waals surface area (Å²) in [5.74, 6) is 1.61. The number of anilines is 2. The van der Waals surface area contributed by atoms with Crippen LogP contribution >= 0.6 is 0 Å². The summed E-state index contributed by atoms with van der Waals surface area (Å²) >= 11 is 0. The van der Waals surface area contributed by atoms with Crippen LogP contribution in [0.15, 0.2) is 67.5 Å². The summed E-state index contributed by atoms with van der Waals surface area (Å²) in [6.07, 6.45) is 10.6. The Morgan fingerprint density at radius 2 is 1.82 bits per heavy atom. The molecule has 0 fully saturated rings. The average Bonchev–Trinajstić information content (AvgIpc) is 2.95. The van der Waals surface area contributed by atoms with Gasteiger partial charge in [0, 0.05) is 36.5 Å². The summed E-state index contributed by atoms with van der Waals surface area (Å²) in [7, 11) is 0. The second-order valence-electron chi connectivity index (χ2n) is 4.69. The molecule has 0 aliphatic carbocycles. The van der Waals surface area contributed by atoms with Crippen LogP contribution in [0.3, 0.4) is 0 Å². The molecule has 0 aliphatic heterocycles. The lowest BCUT2D eigenvalue weighted by Crippen LogP contribution is -1.98. The van der Waals surface area contributed by atoms with Gasteiger partial charge in [-0.25, -0.2) is 9.97 Å². The van der Waals surface area contributed by atoms with Gasteiger partial charge in [-0.3, -0.25) is 14.4 Å². The topological polar surface area (TPSA) is 68.0 Å². The highest BCUT2D eigenvalue weighted by Crippen LogP contribution is 2.29. The maximum atomic E-state index is 4.66. The van der Waals surface area contributed by atoms with E-state index in [1.807, 2.05) is 40.9 Å². The number of fused-ring (bicyclic) bond motifs is 1. The van der Waals surface area contributed by atoms with E-state index in [1.54, 1.807) is 31.0 Å². The molecule has 4 aromatic heterocycles. The van der Waals surface area contributed by atoms with Crippen molar-refractivity contribution in [1.29, 1.82) is 0 Å². The Morgan fingerprint density at radius 3 is 2.64 bits per heavy atom. The first-order chi connectivity index (χ1) is 10.9. The highest BCUT2D eigenvalue weighted by atomic mass is 15.2. The number of imidazole rings is 1. The molecular weight excluding hydrogens is 276 g/mol. The van der Waals surface area contributed by atoms with Gasteiger partial charge in [0.25, 0.3) is 0 Å². The van der Waals surface area contributed by atoms with E-state index in [0.717, 1.165) is 28.5 Å². The van der Waals surface area contributed by atoms with Crippen LogP contribution in [0.2, 0.25) is 0 Å². The molecule has 4 aromatic rings. The minimum absolute atomic E-state index is 0.761. The SMILES string of the molecule is c1ccc(Nc2c(-c3ccncc3)nc3cnccn23)nc1. The molecule has 0 spiro atoms. The molecule has 1 N–H and O–H groups in total. The molecule has 4 heterocycles. The standard InChI is InChI=1S/C16H12N6/c1-2-6-19-13(3-1)20-16-15(12-4-7-17-8-5-12)21-14-11-18-9-10-22(14)16/h1-11H,(H,19,20). The molecule has 106 valence electrons. The van der Waals surface area contributed by atoms with Crippen LogP contribution in [0.4, 0.5) is 11.6 Å². The van der Waals surface area contributed by atoms with E-state index in [2.05, 4.69) is 25.3 Å². The number of hydrogen-bond donors (Lipinski definition) is 1. The van der Waals surface area contributed by atoms with E-state index in [4.69, 9.17) is 0 Å². The molecule has 0 saturated carbocycles. The predicted molar refractivity (Wildman–Crippen MR) is 83.7 cm³/mol. The van der Waals surface area contributed by atoms with E-state index >= 15 is 0 Å². The first kappa shape index (κ1) is 12.5. The third kappa shape index (κ3) is 2.16. The molecule has 0 bridgehead atoms. The highest BCUT2D eigenvalue weighted by molar-refractivity contribution is 5.78. The van der Waals surface area contributed by atoms with E-state index in [-0.39, 0.29) is 0 Å². The third-order valence-electron chi connectivity index (χ3n) is 3.30. The molecule has 0 amide bonds. The van der Waals surface area contributed by atoms with E-state index in [1.165, 1.54) is 0 Å². The lowest BCUT2D eigenvalue weighted by atomic mass is 10.2. The van der Waals surface area contributed by atoms with Crippen molar-refractivity contribution in [2.45, 2.75) is 0 Å². The molecule has 4 rings (SSSR count). The summed E-state index contributed by atoms with van der Waals surface area (Å²) < 4.78 is 1.96.